The zero-order valence-electron chi connectivity index (χ0n) is 18.5. The van der Waals surface area contributed by atoms with Gasteiger partial charge in [0.2, 0.25) is 0 Å². The first kappa shape index (κ1) is 23.0. The fourth-order valence-corrected chi connectivity index (χ4v) is 4.52. The van der Waals surface area contributed by atoms with Crippen molar-refractivity contribution < 1.29 is 0 Å². The minimum Gasteiger partial charge on any atom is -0.377 e. The Balaban J connectivity index is 1.78. The smallest absolute Gasteiger partial charge is 0.253 e. The lowest BCUT2D eigenvalue weighted by Crippen LogP contribution is -2.48. The van der Waals surface area contributed by atoms with Gasteiger partial charge < -0.3 is 15.1 Å². The second-order valence-electron chi connectivity index (χ2n) is 8.26. The normalized spacial score (nSPS) is 13.3. The first-order chi connectivity index (χ1) is 14.9. The zero-order valence-corrected chi connectivity index (χ0v) is 19.3. The second-order valence-corrected chi connectivity index (χ2v) is 9.04. The number of likely N-dealkylation sites (N-methyl/N-ethyl adjacent to an activating group) is 1. The van der Waals surface area contributed by atoms with E-state index in [1.165, 1.54) is 11.1 Å². The minimum atomic E-state index is -0.425. The third kappa shape index (κ3) is 5.71. The number of nitrogens with zero attached hydrogens (tertiary/aromatic N) is 2. The zero-order chi connectivity index (χ0) is 22.4. The minimum absolute atomic E-state index is 0.0520. The SMILES string of the molecule is C=CCN(C[C@@H](Cc1ccccc1)N(C)C)c1c(N[C@H](C)Cc2ccsc2)c(=O)c1=O. The van der Waals surface area contributed by atoms with Gasteiger partial charge in [-0.05, 0) is 61.8 Å². The highest BCUT2D eigenvalue weighted by Crippen LogP contribution is 2.23. The van der Waals surface area contributed by atoms with Crippen molar-refractivity contribution in [3.05, 3.63) is 91.4 Å². The Morgan fingerprint density at radius 2 is 1.81 bits per heavy atom. The van der Waals surface area contributed by atoms with Gasteiger partial charge in [0.1, 0.15) is 11.4 Å². The van der Waals surface area contributed by atoms with Gasteiger partial charge in [-0.2, -0.15) is 11.3 Å². The second kappa shape index (κ2) is 10.6. The average Bonchev–Trinajstić information content (AvgIpc) is 3.26. The number of benzene rings is 1. The van der Waals surface area contributed by atoms with Crippen LogP contribution in [0.3, 0.4) is 0 Å². The summed E-state index contributed by atoms with van der Waals surface area (Å²) in [5, 5.41) is 7.45. The van der Waals surface area contributed by atoms with Crippen LogP contribution in [0.4, 0.5) is 11.4 Å². The van der Waals surface area contributed by atoms with Crippen molar-refractivity contribution in [1.82, 2.24) is 4.90 Å². The summed E-state index contributed by atoms with van der Waals surface area (Å²) in [4.78, 5) is 29.1. The molecule has 0 amide bonds. The largest absolute Gasteiger partial charge is 0.377 e. The van der Waals surface area contributed by atoms with Crippen LogP contribution >= 0.6 is 11.3 Å². The topological polar surface area (TPSA) is 52.6 Å². The molecular formula is C25H31N3O2S. The summed E-state index contributed by atoms with van der Waals surface area (Å²) in [5.41, 5.74) is 2.56. The summed E-state index contributed by atoms with van der Waals surface area (Å²) < 4.78 is 0. The highest BCUT2D eigenvalue weighted by atomic mass is 32.1. The van der Waals surface area contributed by atoms with Gasteiger partial charge in [0.25, 0.3) is 10.9 Å². The third-order valence-corrected chi connectivity index (χ3v) is 6.27. The quantitative estimate of drug-likeness (QED) is 0.347. The fraction of sp³-hybridized carbons (Fsp3) is 0.360. The molecule has 1 heterocycles. The van der Waals surface area contributed by atoms with E-state index in [0.29, 0.717) is 24.5 Å². The lowest BCUT2D eigenvalue weighted by atomic mass is 10.0. The van der Waals surface area contributed by atoms with E-state index in [9.17, 15) is 9.59 Å². The maximum atomic E-state index is 12.6. The van der Waals surface area contributed by atoms with Crippen LogP contribution in [0.1, 0.15) is 18.1 Å². The summed E-state index contributed by atoms with van der Waals surface area (Å²) in [6.45, 7) is 7.04. The molecule has 3 aromatic rings. The molecule has 1 N–H and O–H groups in total. The van der Waals surface area contributed by atoms with E-state index in [1.54, 1.807) is 17.4 Å². The molecule has 3 rings (SSSR count). The van der Waals surface area contributed by atoms with Crippen molar-refractivity contribution in [2.24, 2.45) is 0 Å². The molecule has 0 unspecified atom stereocenters. The summed E-state index contributed by atoms with van der Waals surface area (Å²) in [6, 6.07) is 12.6. The van der Waals surface area contributed by atoms with Crippen molar-refractivity contribution in [2.45, 2.75) is 31.8 Å². The lowest BCUT2D eigenvalue weighted by Gasteiger charge is -2.34. The van der Waals surface area contributed by atoms with E-state index < -0.39 is 10.9 Å². The number of nitrogens with one attached hydrogen (secondary N) is 1. The van der Waals surface area contributed by atoms with Gasteiger partial charge in [0.15, 0.2) is 0 Å². The molecule has 0 saturated heterocycles. The maximum absolute atomic E-state index is 12.6. The summed E-state index contributed by atoms with van der Waals surface area (Å²) >= 11 is 1.66. The summed E-state index contributed by atoms with van der Waals surface area (Å²) in [6.07, 6.45) is 3.44. The Hall–Kier alpha value is -2.70. The van der Waals surface area contributed by atoms with E-state index in [4.69, 9.17) is 0 Å². The van der Waals surface area contributed by atoms with Crippen LogP contribution in [-0.4, -0.2) is 44.2 Å². The van der Waals surface area contributed by atoms with E-state index >= 15 is 0 Å². The standard InChI is InChI=1S/C25H31N3O2S/c1-5-12-28(16-21(27(3)4)15-19-9-7-6-8-10-19)23-22(24(29)25(23)30)26-18(2)14-20-11-13-31-17-20/h5-11,13,17-18,21,26H,1,12,14-16H2,2-4H3/t18-,21-/m1/s1. The van der Waals surface area contributed by atoms with Crippen LogP contribution in [0.2, 0.25) is 0 Å². The van der Waals surface area contributed by atoms with Gasteiger partial charge in [0.05, 0.1) is 0 Å². The van der Waals surface area contributed by atoms with Crippen molar-refractivity contribution in [3.63, 3.8) is 0 Å². The molecule has 2 aromatic carbocycles. The van der Waals surface area contributed by atoms with Crippen LogP contribution in [0, 0.1) is 0 Å². The van der Waals surface area contributed by atoms with Crippen molar-refractivity contribution in [1.29, 1.82) is 0 Å². The number of anilines is 2. The average molecular weight is 438 g/mol. The third-order valence-electron chi connectivity index (χ3n) is 5.54. The van der Waals surface area contributed by atoms with E-state index in [2.05, 4.69) is 40.4 Å². The molecule has 5 nitrogen and oxygen atoms in total. The van der Waals surface area contributed by atoms with Crippen LogP contribution in [0.5, 0.6) is 0 Å². The Morgan fingerprint density at radius 3 is 2.42 bits per heavy atom. The molecule has 0 aliphatic carbocycles. The lowest BCUT2D eigenvalue weighted by molar-refractivity contribution is 0.293. The number of hydrogen-bond acceptors (Lipinski definition) is 6. The Morgan fingerprint density at radius 1 is 1.06 bits per heavy atom. The molecular weight excluding hydrogens is 406 g/mol. The molecule has 1 aromatic heterocycles. The van der Waals surface area contributed by atoms with E-state index in [1.807, 2.05) is 49.5 Å². The summed E-state index contributed by atoms with van der Waals surface area (Å²) in [5.74, 6) is 0. The van der Waals surface area contributed by atoms with E-state index in [-0.39, 0.29) is 12.1 Å². The molecule has 0 saturated carbocycles. The van der Waals surface area contributed by atoms with Gasteiger partial charge in [-0.3, -0.25) is 9.59 Å². The van der Waals surface area contributed by atoms with Crippen LogP contribution < -0.4 is 21.1 Å². The monoisotopic (exact) mass is 437 g/mol. The molecule has 31 heavy (non-hydrogen) atoms. The molecule has 0 bridgehead atoms. The van der Waals surface area contributed by atoms with Crippen molar-refractivity contribution in [3.8, 4) is 0 Å². The van der Waals surface area contributed by atoms with Gasteiger partial charge in [-0.25, -0.2) is 0 Å². The molecule has 0 aliphatic heterocycles. The van der Waals surface area contributed by atoms with Crippen LogP contribution in [0.25, 0.3) is 0 Å². The van der Waals surface area contributed by atoms with Crippen LogP contribution in [0.15, 0.2) is 69.4 Å². The number of hydrogen-bond donors (Lipinski definition) is 1. The highest BCUT2D eigenvalue weighted by molar-refractivity contribution is 7.07. The van der Waals surface area contributed by atoms with Crippen molar-refractivity contribution >= 4 is 22.7 Å². The number of thiophene rings is 1. The maximum Gasteiger partial charge on any atom is 0.253 e. The fourth-order valence-electron chi connectivity index (χ4n) is 3.84. The Labute approximate surface area is 188 Å². The predicted molar refractivity (Wildman–Crippen MR) is 132 cm³/mol. The Kier molecular flexibility index (Phi) is 7.82. The molecule has 0 radical (unpaired) electrons. The molecule has 0 aliphatic rings. The van der Waals surface area contributed by atoms with Crippen molar-refractivity contribution in [2.75, 3.05) is 37.4 Å². The highest BCUT2D eigenvalue weighted by Gasteiger charge is 2.28. The molecule has 164 valence electrons. The molecule has 0 spiro atoms. The van der Waals surface area contributed by atoms with Gasteiger partial charge >= 0.3 is 0 Å². The molecule has 0 fully saturated rings. The molecule has 6 heteroatoms. The van der Waals surface area contributed by atoms with Gasteiger partial charge in [-0.1, -0.05) is 36.4 Å². The van der Waals surface area contributed by atoms with Gasteiger partial charge in [-0.15, -0.1) is 6.58 Å². The first-order valence-corrected chi connectivity index (χ1v) is 11.5. The first-order valence-electron chi connectivity index (χ1n) is 10.6. The number of rotatable bonds is 12. The molecule has 2 atom stereocenters. The van der Waals surface area contributed by atoms with Crippen LogP contribution in [-0.2, 0) is 12.8 Å². The van der Waals surface area contributed by atoms with E-state index in [0.717, 1.165) is 12.8 Å². The Bertz CT molecular complexity index is 1040. The van der Waals surface area contributed by atoms with Gasteiger partial charge in [0, 0.05) is 25.2 Å². The summed E-state index contributed by atoms with van der Waals surface area (Å²) in [7, 11) is 4.09. The predicted octanol–water partition coefficient (Wildman–Crippen LogP) is 3.55.